The first-order valence-electron chi connectivity index (χ1n) is 5.79. The van der Waals surface area contributed by atoms with Crippen LogP contribution in [0, 0.1) is 0 Å². The topological polar surface area (TPSA) is 83.5 Å². The van der Waals surface area contributed by atoms with Crippen molar-refractivity contribution in [3.63, 3.8) is 0 Å². The Morgan fingerprint density at radius 3 is 2.68 bits per heavy atom. The Labute approximate surface area is 113 Å². The van der Waals surface area contributed by atoms with Crippen molar-refractivity contribution in [2.45, 2.75) is 25.6 Å². The summed E-state index contributed by atoms with van der Waals surface area (Å²) < 4.78 is 25.7. The first-order chi connectivity index (χ1) is 8.81. The number of benzene rings is 1. The molecule has 0 radical (unpaired) electrons. The van der Waals surface area contributed by atoms with Gasteiger partial charge in [0.05, 0.1) is 5.25 Å². The van der Waals surface area contributed by atoms with Crippen LogP contribution in [0.2, 0.25) is 0 Å². The molecule has 0 bridgehead atoms. The number of sulfonamides is 1. The van der Waals surface area contributed by atoms with E-state index in [1.165, 1.54) is 6.08 Å². The predicted octanol–water partition coefficient (Wildman–Crippen LogP) is 1.61. The molecular formula is C13H17NO4S. The van der Waals surface area contributed by atoms with E-state index in [-0.39, 0.29) is 6.54 Å². The molecule has 1 aromatic carbocycles. The molecular weight excluding hydrogens is 266 g/mol. The van der Waals surface area contributed by atoms with E-state index >= 15 is 0 Å². The Morgan fingerprint density at radius 1 is 1.42 bits per heavy atom. The highest BCUT2D eigenvalue weighted by Gasteiger charge is 2.14. The highest BCUT2D eigenvalue weighted by Crippen LogP contribution is 2.08. The van der Waals surface area contributed by atoms with E-state index in [1.54, 1.807) is 38.1 Å². The molecule has 0 amide bonds. The molecule has 0 saturated carbocycles. The monoisotopic (exact) mass is 283 g/mol. The normalized spacial score (nSPS) is 12.2. The quantitative estimate of drug-likeness (QED) is 0.777. The van der Waals surface area contributed by atoms with Crippen LogP contribution in [0.5, 0.6) is 0 Å². The molecule has 0 unspecified atom stereocenters. The maximum atomic E-state index is 11.6. The van der Waals surface area contributed by atoms with Gasteiger partial charge in [-0.1, -0.05) is 24.3 Å². The fourth-order valence-corrected chi connectivity index (χ4v) is 2.03. The van der Waals surface area contributed by atoms with Gasteiger partial charge >= 0.3 is 5.97 Å². The SMILES string of the molecule is CC(C)S(=O)(=O)NCc1cccc(C=CC(=O)O)c1. The summed E-state index contributed by atoms with van der Waals surface area (Å²) in [7, 11) is -3.30. The minimum Gasteiger partial charge on any atom is -0.478 e. The van der Waals surface area contributed by atoms with Gasteiger partial charge in [0.25, 0.3) is 0 Å². The zero-order valence-electron chi connectivity index (χ0n) is 10.8. The molecule has 0 fully saturated rings. The van der Waals surface area contributed by atoms with E-state index < -0.39 is 21.2 Å². The first-order valence-corrected chi connectivity index (χ1v) is 7.34. The van der Waals surface area contributed by atoms with Gasteiger partial charge in [0.15, 0.2) is 0 Å². The molecule has 19 heavy (non-hydrogen) atoms. The van der Waals surface area contributed by atoms with Crippen LogP contribution in [-0.4, -0.2) is 24.7 Å². The third-order valence-corrected chi connectivity index (χ3v) is 4.26. The van der Waals surface area contributed by atoms with Crippen molar-refractivity contribution in [1.29, 1.82) is 0 Å². The second-order valence-corrected chi connectivity index (χ2v) is 6.65. The molecule has 1 aromatic rings. The molecule has 0 aliphatic heterocycles. The van der Waals surface area contributed by atoms with Crippen molar-refractivity contribution in [2.24, 2.45) is 0 Å². The van der Waals surface area contributed by atoms with Crippen molar-refractivity contribution in [1.82, 2.24) is 4.72 Å². The van der Waals surface area contributed by atoms with Gasteiger partial charge in [-0.25, -0.2) is 17.9 Å². The first kappa shape index (κ1) is 15.4. The number of carbonyl (C=O) groups is 1. The maximum absolute atomic E-state index is 11.6. The van der Waals surface area contributed by atoms with Crippen molar-refractivity contribution in [3.8, 4) is 0 Å². The van der Waals surface area contributed by atoms with Crippen LogP contribution >= 0.6 is 0 Å². The average Bonchev–Trinajstić information content (AvgIpc) is 2.34. The number of aliphatic carboxylic acids is 1. The van der Waals surface area contributed by atoms with Crippen molar-refractivity contribution in [2.75, 3.05) is 0 Å². The van der Waals surface area contributed by atoms with E-state index in [4.69, 9.17) is 5.11 Å². The summed E-state index contributed by atoms with van der Waals surface area (Å²) in [4.78, 5) is 10.4. The van der Waals surface area contributed by atoms with Gasteiger partial charge in [-0.3, -0.25) is 0 Å². The van der Waals surface area contributed by atoms with Gasteiger partial charge in [-0.2, -0.15) is 0 Å². The van der Waals surface area contributed by atoms with Gasteiger partial charge in [0.2, 0.25) is 10.0 Å². The van der Waals surface area contributed by atoms with Gasteiger partial charge in [0.1, 0.15) is 0 Å². The Balaban J connectivity index is 2.76. The van der Waals surface area contributed by atoms with Gasteiger partial charge in [-0.05, 0) is 31.1 Å². The fraction of sp³-hybridized carbons (Fsp3) is 0.308. The van der Waals surface area contributed by atoms with Crippen molar-refractivity contribution >= 4 is 22.1 Å². The van der Waals surface area contributed by atoms with Crippen molar-refractivity contribution < 1.29 is 18.3 Å². The third kappa shape index (κ3) is 5.23. The van der Waals surface area contributed by atoms with Gasteiger partial charge < -0.3 is 5.11 Å². The van der Waals surface area contributed by atoms with Gasteiger partial charge in [-0.15, -0.1) is 0 Å². The summed E-state index contributed by atoms with van der Waals surface area (Å²) in [6, 6.07) is 7.02. The minimum atomic E-state index is -3.30. The lowest BCUT2D eigenvalue weighted by molar-refractivity contribution is -0.131. The van der Waals surface area contributed by atoms with Gasteiger partial charge in [0, 0.05) is 12.6 Å². The smallest absolute Gasteiger partial charge is 0.328 e. The lowest BCUT2D eigenvalue weighted by Crippen LogP contribution is -2.30. The molecule has 1 rings (SSSR count). The van der Waals surface area contributed by atoms with Crippen LogP contribution in [0.15, 0.2) is 30.3 Å². The van der Waals surface area contributed by atoms with Crippen LogP contribution in [-0.2, 0) is 21.4 Å². The summed E-state index contributed by atoms with van der Waals surface area (Å²) >= 11 is 0. The Kier molecular flexibility index (Phi) is 5.26. The zero-order valence-corrected chi connectivity index (χ0v) is 11.6. The summed E-state index contributed by atoms with van der Waals surface area (Å²) in [5.74, 6) is -1.02. The molecule has 5 nitrogen and oxygen atoms in total. The third-order valence-electron chi connectivity index (χ3n) is 2.47. The largest absolute Gasteiger partial charge is 0.478 e. The highest BCUT2D eigenvalue weighted by molar-refractivity contribution is 7.90. The lowest BCUT2D eigenvalue weighted by Gasteiger charge is -2.09. The Hall–Kier alpha value is -1.66. The zero-order chi connectivity index (χ0) is 14.5. The predicted molar refractivity (Wildman–Crippen MR) is 74.0 cm³/mol. The molecule has 104 valence electrons. The molecule has 0 aliphatic rings. The number of nitrogens with one attached hydrogen (secondary N) is 1. The number of hydrogen-bond acceptors (Lipinski definition) is 3. The Bertz CT molecular complexity index is 576. The number of carboxylic acids is 1. The van der Waals surface area contributed by atoms with E-state index in [0.29, 0.717) is 5.56 Å². The summed E-state index contributed by atoms with van der Waals surface area (Å²) in [6.45, 7) is 3.40. The molecule has 6 heteroatoms. The fourth-order valence-electron chi connectivity index (χ4n) is 1.32. The second kappa shape index (κ2) is 6.49. The summed E-state index contributed by atoms with van der Waals surface area (Å²) in [5.41, 5.74) is 1.49. The van der Waals surface area contributed by atoms with E-state index in [9.17, 15) is 13.2 Å². The van der Waals surface area contributed by atoms with Crippen LogP contribution in [0.1, 0.15) is 25.0 Å². The van der Waals surface area contributed by atoms with Crippen LogP contribution in [0.4, 0.5) is 0 Å². The Morgan fingerprint density at radius 2 is 2.11 bits per heavy atom. The number of hydrogen-bond donors (Lipinski definition) is 2. The molecule has 0 aromatic heterocycles. The van der Waals surface area contributed by atoms with Crippen LogP contribution in [0.25, 0.3) is 6.08 Å². The summed E-state index contributed by atoms with van der Waals surface area (Å²) in [5, 5.41) is 8.05. The van der Waals surface area contributed by atoms with Crippen LogP contribution in [0.3, 0.4) is 0 Å². The number of carboxylic acid groups (broad SMARTS) is 1. The highest BCUT2D eigenvalue weighted by atomic mass is 32.2. The minimum absolute atomic E-state index is 0.190. The summed E-state index contributed by atoms with van der Waals surface area (Å²) in [6.07, 6.45) is 2.50. The molecule has 0 saturated heterocycles. The van der Waals surface area contributed by atoms with E-state index in [2.05, 4.69) is 4.72 Å². The number of rotatable bonds is 6. The van der Waals surface area contributed by atoms with Crippen LogP contribution < -0.4 is 4.72 Å². The maximum Gasteiger partial charge on any atom is 0.328 e. The van der Waals surface area contributed by atoms with E-state index in [1.807, 2.05) is 0 Å². The molecule has 0 spiro atoms. The average molecular weight is 283 g/mol. The molecule has 0 heterocycles. The molecule has 2 N–H and O–H groups in total. The van der Waals surface area contributed by atoms with Crippen molar-refractivity contribution in [3.05, 3.63) is 41.5 Å². The molecule has 0 aliphatic carbocycles. The molecule has 0 atom stereocenters. The van der Waals surface area contributed by atoms with E-state index in [0.717, 1.165) is 11.6 Å². The second-order valence-electron chi connectivity index (χ2n) is 4.33. The standard InChI is InChI=1S/C13H17NO4S/c1-10(2)19(17,18)14-9-12-5-3-4-11(8-12)6-7-13(15)16/h3-8,10,14H,9H2,1-2H3,(H,15,16). The lowest BCUT2D eigenvalue weighted by atomic mass is 10.1.